The number of aromatic nitrogens is 2. The minimum Gasteiger partial charge on any atom is -0.504 e. The Morgan fingerprint density at radius 1 is 0.895 bits per heavy atom. The lowest BCUT2D eigenvalue weighted by Gasteiger charge is -2.33. The van der Waals surface area contributed by atoms with Gasteiger partial charge in [-0.1, -0.05) is 42.5 Å². The van der Waals surface area contributed by atoms with E-state index in [0.29, 0.717) is 16.5 Å². The Hall–Kier alpha value is -4.32. The van der Waals surface area contributed by atoms with E-state index in [9.17, 15) is 19.8 Å². The third-order valence-electron chi connectivity index (χ3n) is 8.30. The van der Waals surface area contributed by atoms with Crippen LogP contribution in [0.3, 0.4) is 0 Å². The highest BCUT2D eigenvalue weighted by Gasteiger charge is 2.40. The molecule has 0 amide bonds. The van der Waals surface area contributed by atoms with Crippen LogP contribution in [0.5, 0.6) is 0 Å². The topological polar surface area (TPSA) is 84.5 Å². The molecule has 0 atom stereocenters. The van der Waals surface area contributed by atoms with Gasteiger partial charge in [0.15, 0.2) is 11.5 Å². The molecule has 6 nitrogen and oxygen atoms in total. The first-order valence-corrected chi connectivity index (χ1v) is 12.8. The Morgan fingerprint density at radius 2 is 1.50 bits per heavy atom. The summed E-state index contributed by atoms with van der Waals surface area (Å²) in [5.41, 5.74) is 2.74. The second-order valence-electron chi connectivity index (χ2n) is 11.4. The highest BCUT2D eigenvalue weighted by atomic mass is 16.3. The van der Waals surface area contributed by atoms with Crippen molar-refractivity contribution in [3.63, 3.8) is 0 Å². The zero-order chi connectivity index (χ0) is 27.1. The van der Waals surface area contributed by atoms with E-state index in [1.165, 1.54) is 0 Å². The van der Waals surface area contributed by atoms with Crippen molar-refractivity contribution in [3.05, 3.63) is 95.7 Å². The summed E-state index contributed by atoms with van der Waals surface area (Å²) in [7, 11) is 0. The molecule has 38 heavy (non-hydrogen) atoms. The molecule has 2 aromatic heterocycles. The summed E-state index contributed by atoms with van der Waals surface area (Å²) in [6, 6.07) is 13.3. The largest absolute Gasteiger partial charge is 0.504 e. The molecular formula is C32H30N2O4. The number of aryl methyl sites for hydroxylation is 1. The van der Waals surface area contributed by atoms with Gasteiger partial charge in [-0.15, -0.1) is 6.58 Å². The van der Waals surface area contributed by atoms with Crippen LogP contribution in [0.2, 0.25) is 0 Å². The van der Waals surface area contributed by atoms with Crippen molar-refractivity contribution in [2.24, 2.45) is 0 Å². The lowest BCUT2D eigenvalue weighted by molar-refractivity contribution is -0.116. The predicted octanol–water partition coefficient (Wildman–Crippen LogP) is 6.59. The Bertz CT molecular complexity index is 1790. The molecule has 2 N–H and O–H groups in total. The molecule has 0 fully saturated rings. The maximum absolute atomic E-state index is 13.8. The predicted molar refractivity (Wildman–Crippen MR) is 150 cm³/mol. The highest BCUT2D eigenvalue weighted by Crippen LogP contribution is 2.43. The summed E-state index contributed by atoms with van der Waals surface area (Å²) in [6.45, 7) is 12.2. The molecule has 6 heteroatoms. The maximum Gasteiger partial charge on any atom is 0.232 e. The van der Waals surface area contributed by atoms with Crippen LogP contribution in [-0.2, 0) is 27.1 Å². The van der Waals surface area contributed by atoms with Crippen molar-refractivity contribution >= 4 is 44.5 Å². The minimum absolute atomic E-state index is 0.162. The first kappa shape index (κ1) is 24.0. The number of aliphatic hydroxyl groups excluding tert-OH is 2. The first-order chi connectivity index (χ1) is 18.0. The second-order valence-corrected chi connectivity index (χ2v) is 11.4. The van der Waals surface area contributed by atoms with Gasteiger partial charge in [0.05, 0.1) is 22.2 Å². The number of para-hydroxylation sites is 2. The van der Waals surface area contributed by atoms with Crippen LogP contribution < -0.4 is 0 Å². The van der Waals surface area contributed by atoms with Crippen LogP contribution in [0.25, 0.3) is 33.0 Å². The summed E-state index contributed by atoms with van der Waals surface area (Å²) in [6.07, 6.45) is 7.18. The van der Waals surface area contributed by atoms with E-state index in [4.69, 9.17) is 0 Å². The third-order valence-corrected chi connectivity index (χ3v) is 8.30. The number of carbonyl (C=O) groups is 2. The normalized spacial score (nSPS) is 17.7. The van der Waals surface area contributed by atoms with E-state index < -0.39 is 28.6 Å². The summed E-state index contributed by atoms with van der Waals surface area (Å²) in [5.74, 6) is -2.85. The number of aliphatic hydroxyl groups is 2. The molecule has 3 heterocycles. The van der Waals surface area contributed by atoms with Crippen LogP contribution in [0.1, 0.15) is 50.8 Å². The van der Waals surface area contributed by atoms with Gasteiger partial charge in [-0.2, -0.15) is 0 Å². The summed E-state index contributed by atoms with van der Waals surface area (Å²) in [5, 5.41) is 24.0. The van der Waals surface area contributed by atoms with Crippen molar-refractivity contribution < 1.29 is 19.8 Å². The van der Waals surface area contributed by atoms with Crippen LogP contribution in [0, 0.1) is 0 Å². The molecule has 0 bridgehead atoms. The molecule has 6 rings (SSSR count). The van der Waals surface area contributed by atoms with Crippen molar-refractivity contribution in [1.29, 1.82) is 0 Å². The van der Waals surface area contributed by atoms with Gasteiger partial charge in [0.2, 0.25) is 11.6 Å². The summed E-state index contributed by atoms with van der Waals surface area (Å²) < 4.78 is 4.07. The van der Waals surface area contributed by atoms with Crippen LogP contribution in [-0.4, -0.2) is 30.9 Å². The Morgan fingerprint density at radius 3 is 2.16 bits per heavy atom. The molecule has 192 valence electrons. The Labute approximate surface area is 220 Å². The van der Waals surface area contributed by atoms with Crippen molar-refractivity contribution in [3.8, 4) is 0 Å². The zero-order valence-corrected chi connectivity index (χ0v) is 22.0. The van der Waals surface area contributed by atoms with Gasteiger partial charge < -0.3 is 19.3 Å². The van der Waals surface area contributed by atoms with Gasteiger partial charge in [0, 0.05) is 45.3 Å². The molecule has 0 spiro atoms. The molecule has 1 aliphatic carbocycles. The molecule has 0 radical (unpaired) electrons. The smallest absolute Gasteiger partial charge is 0.232 e. The van der Waals surface area contributed by atoms with E-state index >= 15 is 0 Å². The van der Waals surface area contributed by atoms with Crippen LogP contribution in [0.4, 0.5) is 0 Å². The molecule has 1 aliphatic heterocycles. The molecule has 0 saturated heterocycles. The number of allylic oxidation sites excluding steroid dienone is 3. The number of benzene rings is 2. The van der Waals surface area contributed by atoms with Crippen LogP contribution >= 0.6 is 0 Å². The third kappa shape index (κ3) is 3.13. The van der Waals surface area contributed by atoms with Gasteiger partial charge in [0.1, 0.15) is 0 Å². The van der Waals surface area contributed by atoms with Crippen molar-refractivity contribution in [1.82, 2.24) is 9.13 Å². The second kappa shape index (κ2) is 7.84. The molecule has 2 aliphatic rings. The lowest BCUT2D eigenvalue weighted by Crippen LogP contribution is -2.29. The summed E-state index contributed by atoms with van der Waals surface area (Å²) >= 11 is 0. The molecule has 0 unspecified atom stereocenters. The number of fused-ring (bicyclic) bond motifs is 1. The fraction of sp³-hybridized carbons (Fsp3) is 0.250. The SMILES string of the molecule is C=CC(C)(C)n1cc(C2=C(O)C(=O)C(c3cn4c5c(cccc35)CCC4(C)C)=C(O)C2=O)c2ccccc21. The van der Waals surface area contributed by atoms with Crippen LogP contribution in [0.15, 0.2) is 79.0 Å². The number of hydrogen-bond donors (Lipinski definition) is 2. The molecule has 0 saturated carbocycles. The minimum atomic E-state index is -0.775. The monoisotopic (exact) mass is 506 g/mol. The highest BCUT2D eigenvalue weighted by molar-refractivity contribution is 6.48. The van der Waals surface area contributed by atoms with Crippen molar-refractivity contribution in [2.45, 2.75) is 51.6 Å². The molecule has 4 aromatic rings. The number of hydrogen-bond acceptors (Lipinski definition) is 4. The molecule has 2 aromatic carbocycles. The average Bonchev–Trinajstić information content (AvgIpc) is 3.47. The van der Waals surface area contributed by atoms with E-state index in [-0.39, 0.29) is 16.7 Å². The number of rotatable bonds is 4. The number of ketones is 2. The Balaban J connectivity index is 1.57. The van der Waals surface area contributed by atoms with Gasteiger partial charge >= 0.3 is 0 Å². The lowest BCUT2D eigenvalue weighted by atomic mass is 9.85. The fourth-order valence-corrected chi connectivity index (χ4v) is 5.93. The fourth-order valence-electron chi connectivity index (χ4n) is 5.93. The van der Waals surface area contributed by atoms with E-state index in [0.717, 1.165) is 34.8 Å². The van der Waals surface area contributed by atoms with Gasteiger partial charge in [-0.3, -0.25) is 9.59 Å². The zero-order valence-electron chi connectivity index (χ0n) is 22.0. The number of carbonyl (C=O) groups excluding carboxylic acids is 2. The van der Waals surface area contributed by atoms with Crippen molar-refractivity contribution in [2.75, 3.05) is 0 Å². The van der Waals surface area contributed by atoms with Gasteiger partial charge in [-0.25, -0.2) is 0 Å². The van der Waals surface area contributed by atoms with E-state index in [2.05, 4.69) is 31.1 Å². The average molecular weight is 507 g/mol. The first-order valence-electron chi connectivity index (χ1n) is 12.8. The maximum atomic E-state index is 13.8. The summed E-state index contributed by atoms with van der Waals surface area (Å²) in [4.78, 5) is 27.5. The van der Waals surface area contributed by atoms with Gasteiger partial charge in [0.25, 0.3) is 0 Å². The molecular weight excluding hydrogens is 476 g/mol. The van der Waals surface area contributed by atoms with Gasteiger partial charge in [-0.05, 0) is 52.2 Å². The number of nitrogens with zero attached hydrogens (tertiary/aromatic N) is 2. The standard InChI is InChI=1S/C32H30N2O4/c1-6-31(2,3)33-16-21(19-11-7-8-13-23(19)33)24-27(35)29(37)25(30(38)28(24)36)22-17-34-26-18(10-9-12-20(22)26)14-15-32(34,4)5/h6-13,16-17,35,38H,1,14-15H2,2-5H3. The van der Waals surface area contributed by atoms with E-state index in [1.54, 1.807) is 12.3 Å². The quantitative estimate of drug-likeness (QED) is 0.242. The van der Waals surface area contributed by atoms with E-state index in [1.807, 2.05) is 61.0 Å². The number of Topliss-reactive ketones (excluding diaryl/α,β-unsaturated/α-hetero) is 2. The Kier molecular flexibility index (Phi) is 4.96.